The summed E-state index contributed by atoms with van der Waals surface area (Å²) in [6.45, 7) is 0. The Labute approximate surface area is 104 Å². The van der Waals surface area contributed by atoms with Crippen LogP contribution in [0, 0.1) is 0 Å². The van der Waals surface area contributed by atoms with Crippen LogP contribution >= 0.6 is 0 Å². The highest BCUT2D eigenvalue weighted by Crippen LogP contribution is 2.11. The molecule has 0 bridgehead atoms. The van der Waals surface area contributed by atoms with Crippen molar-refractivity contribution in [1.29, 1.82) is 0 Å². The summed E-state index contributed by atoms with van der Waals surface area (Å²) in [6, 6.07) is -1.14. The first-order chi connectivity index (χ1) is 8.08. The van der Waals surface area contributed by atoms with Gasteiger partial charge in [0, 0.05) is 12.4 Å². The summed E-state index contributed by atoms with van der Waals surface area (Å²) in [6.07, 6.45) is 5.96. The van der Waals surface area contributed by atoms with E-state index in [0.29, 0.717) is 10.1 Å². The Morgan fingerprint density at radius 1 is 0.889 bits per heavy atom. The van der Waals surface area contributed by atoms with Crippen molar-refractivity contribution in [3.05, 3.63) is 24.6 Å². The highest BCUT2D eigenvalue weighted by Gasteiger charge is 2.26. The van der Waals surface area contributed by atoms with E-state index in [9.17, 15) is 21.6 Å². The Hall–Kier alpha value is -1.43. The molecule has 0 fully saturated rings. The number of allylic oxidation sites excluding steroid dienone is 2. The maximum absolute atomic E-state index is 11.7. The van der Waals surface area contributed by atoms with Crippen molar-refractivity contribution in [2.24, 2.45) is 0 Å². The second kappa shape index (κ2) is 5.06. The zero-order chi connectivity index (χ0) is 14.0. The van der Waals surface area contributed by atoms with E-state index in [1.54, 1.807) is 0 Å². The molecule has 9 nitrogen and oxygen atoms in total. The van der Waals surface area contributed by atoms with Crippen LogP contribution in [0.4, 0.5) is 4.79 Å². The minimum absolute atomic E-state index is 0.320. The molecule has 11 heteroatoms. The minimum Gasteiger partial charge on any atom is -0.243 e. The molecular formula is C7H10N2O7S2. The summed E-state index contributed by atoms with van der Waals surface area (Å²) < 4.78 is 52.3. The summed E-state index contributed by atoms with van der Waals surface area (Å²) >= 11 is 0. The molecule has 18 heavy (non-hydrogen) atoms. The average Bonchev–Trinajstić information content (AvgIpc) is 2.28. The van der Waals surface area contributed by atoms with Crippen molar-refractivity contribution in [3.8, 4) is 0 Å². The quantitative estimate of drug-likeness (QED) is 0.690. The molecule has 0 saturated carbocycles. The van der Waals surface area contributed by atoms with Crippen molar-refractivity contribution in [1.82, 2.24) is 10.1 Å². The number of nitrogens with zero attached hydrogens (tertiary/aromatic N) is 2. The van der Waals surface area contributed by atoms with E-state index in [0.717, 1.165) is 24.9 Å². The number of carbonyl (C=O) groups is 1. The molecule has 0 aromatic carbocycles. The first kappa shape index (κ1) is 14.6. The molecule has 0 atom stereocenters. The topological polar surface area (TPSA) is 110 Å². The summed E-state index contributed by atoms with van der Waals surface area (Å²) in [5, 5.41) is 0.640. The Bertz CT molecular complexity index is 537. The van der Waals surface area contributed by atoms with Gasteiger partial charge in [-0.2, -0.15) is 27.0 Å². The van der Waals surface area contributed by atoms with E-state index in [2.05, 4.69) is 8.57 Å². The highest BCUT2D eigenvalue weighted by molar-refractivity contribution is 7.86. The molecule has 1 aliphatic rings. The average molecular weight is 298 g/mol. The van der Waals surface area contributed by atoms with E-state index in [1.807, 2.05) is 0 Å². The lowest BCUT2D eigenvalue weighted by molar-refractivity contribution is -0.0305. The molecule has 1 aliphatic heterocycles. The van der Waals surface area contributed by atoms with Gasteiger partial charge in [0.2, 0.25) is 0 Å². The highest BCUT2D eigenvalue weighted by atomic mass is 32.2. The Morgan fingerprint density at radius 2 is 1.22 bits per heavy atom. The number of rotatable bonds is 4. The van der Waals surface area contributed by atoms with Gasteiger partial charge in [-0.05, 0) is 12.2 Å². The lowest BCUT2D eigenvalue weighted by Gasteiger charge is -2.20. The molecule has 1 rings (SSSR count). The van der Waals surface area contributed by atoms with Crippen LogP contribution in [0.5, 0.6) is 0 Å². The fraction of sp³-hybridized carbons (Fsp3) is 0.286. The predicted octanol–water partition coefficient (Wildman–Crippen LogP) is -0.466. The maximum atomic E-state index is 11.7. The number of hydrogen-bond donors (Lipinski definition) is 0. The first-order valence-electron chi connectivity index (χ1n) is 4.35. The number of hydrogen-bond acceptors (Lipinski definition) is 7. The van der Waals surface area contributed by atoms with Crippen LogP contribution in [-0.2, 0) is 28.8 Å². The number of hydroxylamine groups is 4. The predicted molar refractivity (Wildman–Crippen MR) is 59.2 cm³/mol. The van der Waals surface area contributed by atoms with Crippen molar-refractivity contribution in [2.75, 3.05) is 12.5 Å². The van der Waals surface area contributed by atoms with Gasteiger partial charge in [0.1, 0.15) is 0 Å². The minimum atomic E-state index is -3.95. The molecule has 0 aliphatic carbocycles. The van der Waals surface area contributed by atoms with E-state index < -0.39 is 26.3 Å². The van der Waals surface area contributed by atoms with E-state index in [4.69, 9.17) is 0 Å². The molecule has 0 radical (unpaired) electrons. The molecule has 0 aromatic heterocycles. The SMILES string of the molecule is CS(=O)(=O)ON1C=CC=CN(OS(C)(=O)=O)C1=O. The summed E-state index contributed by atoms with van der Waals surface area (Å²) in [4.78, 5) is 11.7. The van der Waals surface area contributed by atoms with Gasteiger partial charge in [-0.15, -0.1) is 8.57 Å². The largest absolute Gasteiger partial charge is 0.378 e. The molecular weight excluding hydrogens is 288 g/mol. The normalized spacial score (nSPS) is 17.1. The third-order valence-electron chi connectivity index (χ3n) is 1.36. The van der Waals surface area contributed by atoms with Crippen LogP contribution in [0.3, 0.4) is 0 Å². The van der Waals surface area contributed by atoms with Gasteiger partial charge >= 0.3 is 6.03 Å². The van der Waals surface area contributed by atoms with Crippen molar-refractivity contribution < 1.29 is 30.2 Å². The van der Waals surface area contributed by atoms with Crippen LogP contribution < -0.4 is 0 Å². The zero-order valence-corrected chi connectivity index (χ0v) is 11.0. The monoisotopic (exact) mass is 298 g/mol. The molecule has 0 N–H and O–H groups in total. The van der Waals surface area contributed by atoms with Gasteiger partial charge < -0.3 is 0 Å². The van der Waals surface area contributed by atoms with E-state index in [-0.39, 0.29) is 0 Å². The van der Waals surface area contributed by atoms with Crippen molar-refractivity contribution in [2.45, 2.75) is 0 Å². The molecule has 0 unspecified atom stereocenters. The molecule has 2 amide bonds. The molecule has 102 valence electrons. The van der Waals surface area contributed by atoms with Crippen LogP contribution in [0.25, 0.3) is 0 Å². The third-order valence-corrected chi connectivity index (χ3v) is 2.23. The fourth-order valence-corrected chi connectivity index (χ4v) is 1.70. The summed E-state index contributed by atoms with van der Waals surface area (Å²) in [7, 11) is -7.89. The second-order valence-electron chi connectivity index (χ2n) is 3.17. The van der Waals surface area contributed by atoms with E-state index in [1.165, 1.54) is 12.2 Å². The maximum Gasteiger partial charge on any atom is 0.378 e. The summed E-state index contributed by atoms with van der Waals surface area (Å²) in [5.41, 5.74) is 0. The van der Waals surface area contributed by atoms with Crippen LogP contribution in [0.15, 0.2) is 24.6 Å². The fourth-order valence-electron chi connectivity index (χ4n) is 0.886. The van der Waals surface area contributed by atoms with Gasteiger partial charge in [0.15, 0.2) is 0 Å². The molecule has 0 aromatic rings. The molecule has 0 saturated heterocycles. The second-order valence-corrected chi connectivity index (χ2v) is 6.29. The number of carbonyl (C=O) groups excluding carboxylic acids is 1. The third kappa shape index (κ3) is 4.83. The number of amides is 2. The lowest BCUT2D eigenvalue weighted by Crippen LogP contribution is -2.38. The standard InChI is InChI=1S/C7H10N2O7S2/c1-17(11,12)15-8-5-3-4-6-9(7(8)10)16-18(2,13)14/h3-6H,1-2H3. The lowest BCUT2D eigenvalue weighted by atomic mass is 10.6. The molecule has 0 spiro atoms. The number of urea groups is 1. The van der Waals surface area contributed by atoms with Gasteiger partial charge in [-0.25, -0.2) is 4.79 Å². The van der Waals surface area contributed by atoms with Crippen LogP contribution in [-0.4, -0.2) is 45.5 Å². The Balaban J connectivity index is 2.95. The van der Waals surface area contributed by atoms with Crippen molar-refractivity contribution >= 4 is 26.3 Å². The summed E-state index contributed by atoms with van der Waals surface area (Å²) in [5.74, 6) is 0. The first-order valence-corrected chi connectivity index (χ1v) is 7.98. The molecule has 1 heterocycles. The Kier molecular flexibility index (Phi) is 4.11. The van der Waals surface area contributed by atoms with Gasteiger partial charge in [0.05, 0.1) is 12.5 Å². The van der Waals surface area contributed by atoms with Crippen LogP contribution in [0.1, 0.15) is 0 Å². The smallest absolute Gasteiger partial charge is 0.243 e. The van der Waals surface area contributed by atoms with Gasteiger partial charge in [-0.3, -0.25) is 0 Å². The van der Waals surface area contributed by atoms with Crippen molar-refractivity contribution in [3.63, 3.8) is 0 Å². The Morgan fingerprint density at radius 3 is 1.50 bits per heavy atom. The zero-order valence-electron chi connectivity index (χ0n) is 9.38. The van der Waals surface area contributed by atoms with Crippen LogP contribution in [0.2, 0.25) is 0 Å². The van der Waals surface area contributed by atoms with E-state index >= 15 is 0 Å². The van der Waals surface area contributed by atoms with Gasteiger partial charge in [0.25, 0.3) is 20.2 Å². The van der Waals surface area contributed by atoms with Gasteiger partial charge in [-0.1, -0.05) is 0 Å².